The fourth-order valence-electron chi connectivity index (χ4n) is 3.06. The quantitative estimate of drug-likeness (QED) is 0.843. The second-order valence-corrected chi connectivity index (χ2v) is 6.61. The van der Waals surface area contributed by atoms with E-state index in [1.165, 1.54) is 12.7 Å². The van der Waals surface area contributed by atoms with Gasteiger partial charge in [-0.15, -0.1) is 0 Å². The number of methoxy groups -OCH3 is 1. The summed E-state index contributed by atoms with van der Waals surface area (Å²) in [4.78, 5) is 14.7. The number of nitrogens with zero attached hydrogens (tertiary/aromatic N) is 1. The van der Waals surface area contributed by atoms with Gasteiger partial charge in [0, 0.05) is 31.2 Å². The van der Waals surface area contributed by atoms with Crippen LogP contribution in [0.2, 0.25) is 5.02 Å². The van der Waals surface area contributed by atoms with Crippen LogP contribution in [0, 0.1) is 0 Å². The Labute approximate surface area is 158 Å². The van der Waals surface area contributed by atoms with Crippen molar-refractivity contribution in [2.75, 3.05) is 39.9 Å². The van der Waals surface area contributed by atoms with Crippen molar-refractivity contribution in [3.8, 4) is 5.75 Å². The number of nitrogens with one attached hydrogen (secondary N) is 1. The Balaban J connectivity index is 1.52. The minimum absolute atomic E-state index is 0.0775. The second-order valence-electron chi connectivity index (χ2n) is 6.17. The molecular weight excluding hydrogens is 352 g/mol. The molecule has 138 valence electrons. The number of amides is 1. The van der Waals surface area contributed by atoms with E-state index in [9.17, 15) is 4.79 Å². The van der Waals surface area contributed by atoms with E-state index in [-0.39, 0.29) is 12.0 Å². The van der Waals surface area contributed by atoms with Crippen LogP contribution in [0.5, 0.6) is 5.75 Å². The van der Waals surface area contributed by atoms with Crippen LogP contribution in [0.1, 0.15) is 22.0 Å². The average Bonchev–Trinajstić information content (AvgIpc) is 2.69. The molecule has 1 fully saturated rings. The van der Waals surface area contributed by atoms with Gasteiger partial charge in [-0.3, -0.25) is 9.69 Å². The number of hydrogen-bond acceptors (Lipinski definition) is 4. The van der Waals surface area contributed by atoms with Gasteiger partial charge in [0.15, 0.2) is 0 Å². The predicted octanol–water partition coefficient (Wildman–Crippen LogP) is 3.15. The topological polar surface area (TPSA) is 50.8 Å². The molecule has 3 rings (SSSR count). The van der Waals surface area contributed by atoms with Gasteiger partial charge >= 0.3 is 0 Å². The fraction of sp³-hybridized carbons (Fsp3) is 0.350. The Morgan fingerprint density at radius 1 is 1.31 bits per heavy atom. The van der Waals surface area contributed by atoms with Crippen molar-refractivity contribution in [2.24, 2.45) is 0 Å². The van der Waals surface area contributed by atoms with E-state index in [0.717, 1.165) is 19.6 Å². The Bertz CT molecular complexity index is 739. The standard InChI is InChI=1S/C20H23ClN2O3/c1-25-18-8-7-16(21)13-17(18)20(24)22-9-10-23-11-12-26-19(14-23)15-5-3-2-4-6-15/h2-8,13,19H,9-12,14H2,1H3,(H,22,24)/t19-/m1/s1. The molecule has 2 aromatic rings. The second kappa shape index (κ2) is 9.03. The molecule has 0 aliphatic carbocycles. The van der Waals surface area contributed by atoms with Gasteiger partial charge in [0.05, 0.1) is 25.4 Å². The van der Waals surface area contributed by atoms with Gasteiger partial charge in [-0.2, -0.15) is 0 Å². The molecule has 1 heterocycles. The number of hydrogen-bond donors (Lipinski definition) is 1. The minimum atomic E-state index is -0.183. The summed E-state index contributed by atoms with van der Waals surface area (Å²) in [5, 5.41) is 3.45. The third kappa shape index (κ3) is 4.75. The molecule has 0 unspecified atom stereocenters. The highest BCUT2D eigenvalue weighted by Crippen LogP contribution is 2.23. The van der Waals surface area contributed by atoms with Gasteiger partial charge in [0.1, 0.15) is 5.75 Å². The van der Waals surface area contributed by atoms with E-state index >= 15 is 0 Å². The van der Waals surface area contributed by atoms with Crippen LogP contribution in [-0.4, -0.2) is 50.7 Å². The number of rotatable bonds is 6. The summed E-state index contributed by atoms with van der Waals surface area (Å²) in [6.45, 7) is 3.69. The van der Waals surface area contributed by atoms with E-state index in [1.807, 2.05) is 18.2 Å². The van der Waals surface area contributed by atoms with Crippen molar-refractivity contribution in [3.63, 3.8) is 0 Å². The molecule has 1 atom stereocenters. The highest BCUT2D eigenvalue weighted by atomic mass is 35.5. The predicted molar refractivity (Wildman–Crippen MR) is 102 cm³/mol. The molecule has 0 bridgehead atoms. The third-order valence-corrected chi connectivity index (χ3v) is 4.68. The van der Waals surface area contributed by atoms with Crippen molar-refractivity contribution in [1.82, 2.24) is 10.2 Å². The van der Waals surface area contributed by atoms with Gasteiger partial charge in [0.25, 0.3) is 5.91 Å². The van der Waals surface area contributed by atoms with Crippen molar-refractivity contribution in [1.29, 1.82) is 0 Å². The van der Waals surface area contributed by atoms with Crippen LogP contribution in [-0.2, 0) is 4.74 Å². The van der Waals surface area contributed by atoms with Crippen LogP contribution in [0.3, 0.4) is 0 Å². The van der Waals surface area contributed by atoms with E-state index in [0.29, 0.717) is 29.5 Å². The van der Waals surface area contributed by atoms with Crippen LogP contribution in [0.4, 0.5) is 0 Å². The molecule has 6 heteroatoms. The van der Waals surface area contributed by atoms with Gasteiger partial charge in [0.2, 0.25) is 0 Å². The SMILES string of the molecule is COc1ccc(Cl)cc1C(=O)NCCN1CCO[C@@H](c2ccccc2)C1. The number of carbonyl (C=O) groups excluding carboxylic acids is 1. The zero-order valence-corrected chi connectivity index (χ0v) is 15.5. The Kier molecular flexibility index (Phi) is 6.50. The highest BCUT2D eigenvalue weighted by Gasteiger charge is 2.21. The average molecular weight is 375 g/mol. The highest BCUT2D eigenvalue weighted by molar-refractivity contribution is 6.31. The molecule has 1 aliphatic heterocycles. The van der Waals surface area contributed by atoms with Crippen molar-refractivity contribution in [2.45, 2.75) is 6.10 Å². The Morgan fingerprint density at radius 2 is 2.12 bits per heavy atom. The van der Waals surface area contributed by atoms with Gasteiger partial charge in [-0.05, 0) is 23.8 Å². The van der Waals surface area contributed by atoms with Crippen LogP contribution < -0.4 is 10.1 Å². The molecule has 5 nitrogen and oxygen atoms in total. The monoisotopic (exact) mass is 374 g/mol. The normalized spacial score (nSPS) is 17.7. The van der Waals surface area contributed by atoms with E-state index in [1.54, 1.807) is 18.2 Å². The maximum atomic E-state index is 12.4. The maximum Gasteiger partial charge on any atom is 0.255 e. The Hall–Kier alpha value is -2.08. The molecule has 0 spiro atoms. The molecule has 1 amide bonds. The number of morpholine rings is 1. The first-order valence-corrected chi connectivity index (χ1v) is 9.06. The summed E-state index contributed by atoms with van der Waals surface area (Å²) in [5.74, 6) is 0.333. The summed E-state index contributed by atoms with van der Waals surface area (Å²) in [6, 6.07) is 15.2. The Morgan fingerprint density at radius 3 is 2.88 bits per heavy atom. The molecule has 0 aromatic heterocycles. The van der Waals surface area contributed by atoms with Gasteiger partial charge in [-0.25, -0.2) is 0 Å². The van der Waals surface area contributed by atoms with Crippen LogP contribution in [0.15, 0.2) is 48.5 Å². The van der Waals surface area contributed by atoms with E-state index in [4.69, 9.17) is 21.1 Å². The summed E-state index contributed by atoms with van der Waals surface area (Å²) in [7, 11) is 1.54. The first-order chi connectivity index (χ1) is 12.7. The first kappa shape index (κ1) is 18.7. The lowest BCUT2D eigenvalue weighted by molar-refractivity contribution is -0.0293. The summed E-state index contributed by atoms with van der Waals surface area (Å²) in [5.41, 5.74) is 1.63. The van der Waals surface area contributed by atoms with Crippen molar-refractivity contribution < 1.29 is 14.3 Å². The van der Waals surface area contributed by atoms with Crippen LogP contribution in [0.25, 0.3) is 0 Å². The summed E-state index contributed by atoms with van der Waals surface area (Å²) >= 11 is 5.99. The van der Waals surface area contributed by atoms with Gasteiger partial charge in [-0.1, -0.05) is 41.9 Å². The zero-order valence-electron chi connectivity index (χ0n) is 14.8. The van der Waals surface area contributed by atoms with Crippen LogP contribution >= 0.6 is 11.6 Å². The minimum Gasteiger partial charge on any atom is -0.496 e. The molecule has 0 radical (unpaired) electrons. The van der Waals surface area contributed by atoms with Crippen molar-refractivity contribution in [3.05, 3.63) is 64.7 Å². The summed E-state index contributed by atoms with van der Waals surface area (Å²) in [6.07, 6.45) is 0.0775. The summed E-state index contributed by atoms with van der Waals surface area (Å²) < 4.78 is 11.1. The first-order valence-electron chi connectivity index (χ1n) is 8.68. The lowest BCUT2D eigenvalue weighted by Gasteiger charge is -2.33. The van der Waals surface area contributed by atoms with E-state index < -0.39 is 0 Å². The molecular formula is C20H23ClN2O3. The molecule has 26 heavy (non-hydrogen) atoms. The third-order valence-electron chi connectivity index (χ3n) is 4.44. The number of ether oxygens (including phenoxy) is 2. The smallest absolute Gasteiger partial charge is 0.255 e. The maximum absolute atomic E-state index is 12.4. The number of halogens is 1. The van der Waals surface area contributed by atoms with E-state index in [2.05, 4.69) is 22.3 Å². The molecule has 0 saturated carbocycles. The van der Waals surface area contributed by atoms with Gasteiger partial charge < -0.3 is 14.8 Å². The largest absolute Gasteiger partial charge is 0.496 e. The zero-order chi connectivity index (χ0) is 18.4. The lowest BCUT2D eigenvalue weighted by Crippen LogP contribution is -2.42. The molecule has 1 N–H and O–H groups in total. The molecule has 2 aromatic carbocycles. The molecule has 1 aliphatic rings. The number of carbonyl (C=O) groups is 1. The number of benzene rings is 2. The lowest BCUT2D eigenvalue weighted by atomic mass is 10.1. The molecule has 1 saturated heterocycles. The van der Waals surface area contributed by atoms with Crippen molar-refractivity contribution >= 4 is 17.5 Å². The fourth-order valence-corrected chi connectivity index (χ4v) is 3.23.